The molecule has 5 heteroatoms. The fourth-order valence-electron chi connectivity index (χ4n) is 1.18. The summed E-state index contributed by atoms with van der Waals surface area (Å²) < 4.78 is 4.39. The molecular weight excluding hydrogens is 202 g/mol. The number of hydrogen-bond acceptors (Lipinski definition) is 5. The van der Waals surface area contributed by atoms with Gasteiger partial charge in [-0.3, -0.25) is 0 Å². The van der Waals surface area contributed by atoms with Gasteiger partial charge < -0.3 is 4.74 Å². The zero-order valence-corrected chi connectivity index (χ0v) is 7.63. The van der Waals surface area contributed by atoms with Crippen LogP contribution in [-0.4, -0.2) is 11.9 Å². The van der Waals surface area contributed by atoms with Crippen LogP contribution in [0.3, 0.4) is 0 Å². The molecule has 0 bridgehead atoms. The van der Waals surface area contributed by atoms with Gasteiger partial charge in [-0.05, 0) is 30.0 Å². The van der Waals surface area contributed by atoms with Crippen molar-refractivity contribution in [1.29, 1.82) is 5.26 Å². The summed E-state index contributed by atoms with van der Waals surface area (Å²) in [5, 5.41) is 10.3. The fourth-order valence-corrected chi connectivity index (χ4v) is 1.60. The van der Waals surface area contributed by atoms with E-state index in [0.29, 0.717) is 4.90 Å². The summed E-state index contributed by atoms with van der Waals surface area (Å²) in [5.74, 6) is -1.27. The van der Waals surface area contributed by atoms with Crippen molar-refractivity contribution in [2.24, 2.45) is 0 Å². The summed E-state index contributed by atoms with van der Waals surface area (Å²) >= 11 is 0.931. The molecule has 0 N–H and O–H groups in total. The molecule has 0 fully saturated rings. The van der Waals surface area contributed by atoms with Crippen molar-refractivity contribution >= 4 is 23.7 Å². The molecule has 2 rings (SSSR count). The lowest BCUT2D eigenvalue weighted by atomic mass is 10.1. The van der Waals surface area contributed by atoms with Gasteiger partial charge in [0.25, 0.3) is 0 Å². The Morgan fingerprint density at radius 2 is 1.93 bits per heavy atom. The summed E-state index contributed by atoms with van der Waals surface area (Å²) in [5.41, 5.74) is 0.493. The molecule has 14 heavy (non-hydrogen) atoms. The second-order valence-corrected chi connectivity index (χ2v) is 3.44. The van der Waals surface area contributed by atoms with Crippen LogP contribution in [0.5, 0.6) is 0 Å². The Kier molecular flexibility index (Phi) is 1.98. The molecule has 1 aliphatic rings. The lowest BCUT2D eigenvalue weighted by Crippen LogP contribution is -1.96. The minimum absolute atomic E-state index is 0.232. The van der Waals surface area contributed by atoms with Gasteiger partial charge in [-0.2, -0.15) is 5.26 Å². The molecule has 0 aliphatic carbocycles. The normalized spacial score (nSPS) is 13.4. The number of carbonyl (C=O) groups is 2. The van der Waals surface area contributed by atoms with Crippen LogP contribution in [0.1, 0.15) is 20.7 Å². The van der Waals surface area contributed by atoms with Gasteiger partial charge >= 0.3 is 11.9 Å². The molecule has 0 saturated heterocycles. The highest BCUT2D eigenvalue weighted by molar-refractivity contribution is 8.03. The van der Waals surface area contributed by atoms with Crippen LogP contribution in [-0.2, 0) is 4.74 Å². The highest BCUT2D eigenvalue weighted by Gasteiger charge is 2.29. The molecule has 0 atom stereocenters. The average Bonchev–Trinajstić information content (AvgIpc) is 2.43. The first kappa shape index (κ1) is 8.78. The molecule has 0 radical (unpaired) electrons. The second-order valence-electron chi connectivity index (χ2n) is 2.58. The minimum Gasteiger partial charge on any atom is -0.386 e. The van der Waals surface area contributed by atoms with Crippen molar-refractivity contribution in [2.45, 2.75) is 4.90 Å². The molecule has 0 unspecified atom stereocenters. The van der Waals surface area contributed by atoms with Crippen molar-refractivity contribution in [3.63, 3.8) is 0 Å². The number of nitriles is 1. The maximum Gasteiger partial charge on any atom is 0.346 e. The van der Waals surface area contributed by atoms with Gasteiger partial charge in [0, 0.05) is 4.90 Å². The SMILES string of the molecule is N#CSc1ccc2c(c1)C(=O)OC2=O. The molecule has 0 spiro atoms. The van der Waals surface area contributed by atoms with Crippen LogP contribution < -0.4 is 0 Å². The zero-order chi connectivity index (χ0) is 10.1. The molecule has 1 heterocycles. The number of thioether (sulfide) groups is 1. The first-order valence-electron chi connectivity index (χ1n) is 3.69. The van der Waals surface area contributed by atoms with Gasteiger partial charge in [-0.1, -0.05) is 0 Å². The van der Waals surface area contributed by atoms with Crippen molar-refractivity contribution in [2.75, 3.05) is 0 Å². The number of benzene rings is 1. The van der Waals surface area contributed by atoms with Gasteiger partial charge in [0.05, 0.1) is 11.1 Å². The third kappa shape index (κ3) is 1.26. The van der Waals surface area contributed by atoms with Crippen LogP contribution >= 0.6 is 11.8 Å². The molecule has 4 nitrogen and oxygen atoms in total. The van der Waals surface area contributed by atoms with Crippen molar-refractivity contribution < 1.29 is 14.3 Å². The van der Waals surface area contributed by atoms with Crippen molar-refractivity contribution in [1.82, 2.24) is 0 Å². The minimum atomic E-state index is -0.648. The number of ether oxygens (including phenoxy) is 1. The first-order valence-corrected chi connectivity index (χ1v) is 4.50. The summed E-state index contributed by atoms with van der Waals surface area (Å²) in [6, 6.07) is 4.57. The van der Waals surface area contributed by atoms with Crippen LogP contribution in [0.4, 0.5) is 0 Å². The Bertz CT molecular complexity index is 475. The number of cyclic esters (lactones) is 2. The quantitative estimate of drug-likeness (QED) is 0.301. The van der Waals surface area contributed by atoms with E-state index < -0.39 is 11.9 Å². The van der Waals surface area contributed by atoms with Crippen molar-refractivity contribution in [3.05, 3.63) is 29.3 Å². The van der Waals surface area contributed by atoms with Crippen LogP contribution in [0.25, 0.3) is 0 Å². The summed E-state index contributed by atoms with van der Waals surface area (Å²) in [6.45, 7) is 0. The lowest BCUT2D eigenvalue weighted by Gasteiger charge is -1.94. The zero-order valence-electron chi connectivity index (χ0n) is 6.81. The van der Waals surface area contributed by atoms with Crippen molar-refractivity contribution in [3.8, 4) is 5.40 Å². The second kappa shape index (κ2) is 3.16. The third-order valence-electron chi connectivity index (χ3n) is 1.78. The Morgan fingerprint density at radius 3 is 2.64 bits per heavy atom. The molecule has 68 valence electrons. The number of hydrogen-bond donors (Lipinski definition) is 0. The Morgan fingerprint density at radius 1 is 1.21 bits per heavy atom. The predicted octanol–water partition coefficient (Wildman–Crippen LogP) is 1.57. The highest BCUT2D eigenvalue weighted by Crippen LogP contribution is 2.25. The van der Waals surface area contributed by atoms with Crippen LogP contribution in [0, 0.1) is 10.7 Å². The Hall–Kier alpha value is -1.80. The van der Waals surface area contributed by atoms with Crippen LogP contribution in [0.15, 0.2) is 23.1 Å². The maximum absolute atomic E-state index is 11.1. The van der Waals surface area contributed by atoms with Gasteiger partial charge in [0.1, 0.15) is 5.40 Å². The number of carbonyl (C=O) groups excluding carboxylic acids is 2. The molecule has 1 aliphatic heterocycles. The molecule has 1 aromatic rings. The third-order valence-corrected chi connectivity index (χ3v) is 2.36. The van der Waals surface area contributed by atoms with E-state index in [1.807, 2.05) is 5.40 Å². The molecule has 0 saturated carbocycles. The van der Waals surface area contributed by atoms with E-state index in [4.69, 9.17) is 5.26 Å². The fraction of sp³-hybridized carbons (Fsp3) is 0. The number of esters is 2. The molecule has 0 aromatic heterocycles. The topological polar surface area (TPSA) is 67.2 Å². The summed E-state index contributed by atoms with van der Waals surface area (Å²) in [6.07, 6.45) is 0. The Balaban J connectivity index is 2.51. The number of thiocyanates is 1. The van der Waals surface area contributed by atoms with Crippen LogP contribution in [0.2, 0.25) is 0 Å². The first-order chi connectivity index (χ1) is 6.72. The average molecular weight is 205 g/mol. The highest BCUT2D eigenvalue weighted by atomic mass is 32.2. The molecule has 0 amide bonds. The smallest absolute Gasteiger partial charge is 0.346 e. The van der Waals surface area contributed by atoms with E-state index in [0.717, 1.165) is 11.8 Å². The summed E-state index contributed by atoms with van der Waals surface area (Å²) in [4.78, 5) is 22.8. The maximum atomic E-state index is 11.1. The Labute approximate surface area is 83.5 Å². The van der Waals surface area contributed by atoms with Gasteiger partial charge in [0.2, 0.25) is 0 Å². The lowest BCUT2D eigenvalue weighted by molar-refractivity contribution is 0.0444. The van der Waals surface area contributed by atoms with E-state index in [1.165, 1.54) is 12.1 Å². The van der Waals surface area contributed by atoms with E-state index in [9.17, 15) is 9.59 Å². The largest absolute Gasteiger partial charge is 0.386 e. The van der Waals surface area contributed by atoms with Gasteiger partial charge in [-0.25, -0.2) is 9.59 Å². The van der Waals surface area contributed by atoms with E-state index >= 15 is 0 Å². The predicted molar refractivity (Wildman–Crippen MR) is 47.7 cm³/mol. The standard InChI is InChI=1S/C9H3NO3S/c10-4-14-5-1-2-6-7(3-5)9(12)13-8(6)11/h1-3H. The van der Waals surface area contributed by atoms with E-state index in [1.54, 1.807) is 6.07 Å². The van der Waals surface area contributed by atoms with E-state index in [2.05, 4.69) is 4.74 Å². The monoisotopic (exact) mass is 205 g/mol. The van der Waals surface area contributed by atoms with Gasteiger partial charge in [-0.15, -0.1) is 0 Å². The number of nitrogens with zero attached hydrogens (tertiary/aromatic N) is 1. The van der Waals surface area contributed by atoms with E-state index in [-0.39, 0.29) is 11.1 Å². The molecular formula is C9H3NO3S. The number of fused-ring (bicyclic) bond motifs is 1. The number of rotatable bonds is 1. The molecule has 1 aromatic carbocycles. The van der Waals surface area contributed by atoms with Gasteiger partial charge in [0.15, 0.2) is 0 Å². The summed E-state index contributed by atoms with van der Waals surface area (Å²) in [7, 11) is 0.